The van der Waals surface area contributed by atoms with Gasteiger partial charge in [0.2, 0.25) is 0 Å². The van der Waals surface area contributed by atoms with Crippen molar-refractivity contribution in [2.45, 2.75) is 16.7 Å². The molecule has 0 atom stereocenters. The van der Waals surface area contributed by atoms with Gasteiger partial charge in [0.15, 0.2) is 5.82 Å². The summed E-state index contributed by atoms with van der Waals surface area (Å²) in [5.74, 6) is 0.486. The SMILES string of the molecule is Cc1cc(NS(=O)(=O)c2ccc(NS(=O)(=O)c3cc(Cl)ccc3Cl)cc2)no1. The number of hydrogen-bond donors (Lipinski definition) is 2. The lowest BCUT2D eigenvalue weighted by molar-refractivity contribution is 0.400. The average Bonchev–Trinajstić information content (AvgIpc) is 3.01. The number of rotatable bonds is 6. The molecule has 8 nitrogen and oxygen atoms in total. The second kappa shape index (κ2) is 7.63. The van der Waals surface area contributed by atoms with Crippen molar-refractivity contribution in [1.82, 2.24) is 5.16 Å². The predicted molar refractivity (Wildman–Crippen MR) is 106 cm³/mol. The maximum atomic E-state index is 12.5. The standard InChI is InChI=1S/C16H13Cl2N3O5S2/c1-10-8-16(19-26-10)21-27(22,23)13-5-3-12(4-6-13)20-28(24,25)15-9-11(17)2-7-14(15)18/h2-9,20H,1H3,(H,19,21). The number of nitrogens with zero attached hydrogens (tertiary/aromatic N) is 1. The highest BCUT2D eigenvalue weighted by Gasteiger charge is 2.20. The van der Waals surface area contributed by atoms with E-state index in [9.17, 15) is 16.8 Å². The summed E-state index contributed by atoms with van der Waals surface area (Å²) in [6, 6.07) is 10.6. The molecule has 0 aliphatic carbocycles. The lowest BCUT2D eigenvalue weighted by atomic mass is 10.3. The minimum absolute atomic E-state index is 0.00297. The van der Waals surface area contributed by atoms with Gasteiger partial charge in [-0.25, -0.2) is 16.8 Å². The monoisotopic (exact) mass is 461 g/mol. The minimum Gasteiger partial charge on any atom is -0.360 e. The molecule has 0 spiro atoms. The highest BCUT2D eigenvalue weighted by atomic mass is 35.5. The summed E-state index contributed by atoms with van der Waals surface area (Å²) in [4.78, 5) is -0.279. The molecule has 0 fully saturated rings. The fourth-order valence-electron chi connectivity index (χ4n) is 2.21. The summed E-state index contributed by atoms with van der Waals surface area (Å²) >= 11 is 11.8. The predicted octanol–water partition coefficient (Wildman–Crippen LogP) is 3.89. The van der Waals surface area contributed by atoms with Gasteiger partial charge in [0.25, 0.3) is 20.0 Å². The van der Waals surface area contributed by atoms with E-state index in [1.54, 1.807) is 6.92 Å². The zero-order chi connectivity index (χ0) is 20.5. The molecule has 0 aliphatic rings. The second-order valence-electron chi connectivity index (χ2n) is 5.63. The Labute approximate surface area is 171 Å². The molecule has 2 aromatic carbocycles. The molecule has 28 heavy (non-hydrogen) atoms. The second-order valence-corrected chi connectivity index (χ2v) is 9.81. The van der Waals surface area contributed by atoms with E-state index in [0.717, 1.165) is 0 Å². The van der Waals surface area contributed by atoms with Crippen LogP contribution in [0.2, 0.25) is 10.0 Å². The summed E-state index contributed by atoms with van der Waals surface area (Å²) in [6.45, 7) is 1.62. The number of aromatic nitrogens is 1. The highest BCUT2D eigenvalue weighted by Crippen LogP contribution is 2.27. The lowest BCUT2D eigenvalue weighted by Gasteiger charge is -2.11. The third-order valence-corrected chi connectivity index (χ3v) is 6.94. The number of nitrogens with one attached hydrogen (secondary N) is 2. The number of benzene rings is 2. The van der Waals surface area contributed by atoms with Crippen LogP contribution in [0, 0.1) is 6.92 Å². The van der Waals surface area contributed by atoms with Gasteiger partial charge in [-0.15, -0.1) is 0 Å². The summed E-state index contributed by atoms with van der Waals surface area (Å²) in [6.07, 6.45) is 0. The number of sulfonamides is 2. The molecule has 2 N–H and O–H groups in total. The van der Waals surface area contributed by atoms with Crippen LogP contribution in [0.25, 0.3) is 0 Å². The van der Waals surface area contributed by atoms with Crippen molar-refractivity contribution in [3.05, 3.63) is 64.3 Å². The first-order chi connectivity index (χ1) is 13.1. The van der Waals surface area contributed by atoms with Gasteiger partial charge in [-0.2, -0.15) is 0 Å². The van der Waals surface area contributed by atoms with Crippen molar-refractivity contribution < 1.29 is 21.4 Å². The molecular weight excluding hydrogens is 449 g/mol. The molecule has 0 amide bonds. The van der Waals surface area contributed by atoms with Gasteiger partial charge in [0.05, 0.1) is 9.92 Å². The average molecular weight is 462 g/mol. The molecule has 0 saturated heterocycles. The topological polar surface area (TPSA) is 118 Å². The summed E-state index contributed by atoms with van der Waals surface area (Å²) < 4.78 is 59.1. The van der Waals surface area contributed by atoms with Crippen LogP contribution in [-0.2, 0) is 20.0 Å². The Morgan fingerprint density at radius 2 is 1.57 bits per heavy atom. The van der Waals surface area contributed by atoms with Gasteiger partial charge in [-0.3, -0.25) is 9.44 Å². The zero-order valence-corrected chi connectivity index (χ0v) is 17.3. The van der Waals surface area contributed by atoms with Gasteiger partial charge < -0.3 is 4.52 Å². The largest absolute Gasteiger partial charge is 0.360 e. The maximum absolute atomic E-state index is 12.5. The van der Waals surface area contributed by atoms with Crippen LogP contribution in [0.5, 0.6) is 0 Å². The number of aryl methyl sites for hydroxylation is 1. The molecule has 0 radical (unpaired) electrons. The van der Waals surface area contributed by atoms with E-state index in [1.807, 2.05) is 0 Å². The van der Waals surface area contributed by atoms with E-state index in [2.05, 4.69) is 14.6 Å². The van der Waals surface area contributed by atoms with Gasteiger partial charge in [-0.1, -0.05) is 28.4 Å². The van der Waals surface area contributed by atoms with Crippen molar-refractivity contribution in [1.29, 1.82) is 0 Å². The third-order valence-electron chi connectivity index (χ3n) is 3.47. The highest BCUT2D eigenvalue weighted by molar-refractivity contribution is 7.93. The molecule has 0 saturated carbocycles. The summed E-state index contributed by atoms with van der Waals surface area (Å²) in [5, 5.41) is 3.77. The maximum Gasteiger partial charge on any atom is 0.263 e. The van der Waals surface area contributed by atoms with E-state index in [4.69, 9.17) is 27.7 Å². The van der Waals surface area contributed by atoms with Crippen LogP contribution in [-0.4, -0.2) is 22.0 Å². The van der Waals surface area contributed by atoms with Crippen molar-refractivity contribution >= 4 is 54.8 Å². The fourth-order valence-corrected chi connectivity index (χ4v) is 5.01. The van der Waals surface area contributed by atoms with Crippen LogP contribution < -0.4 is 9.44 Å². The van der Waals surface area contributed by atoms with Gasteiger partial charge >= 0.3 is 0 Å². The van der Waals surface area contributed by atoms with Crippen molar-refractivity contribution in [3.8, 4) is 0 Å². The fraction of sp³-hybridized carbons (Fsp3) is 0.0625. The van der Waals surface area contributed by atoms with Gasteiger partial charge in [0, 0.05) is 16.8 Å². The van der Waals surface area contributed by atoms with Crippen LogP contribution in [0.3, 0.4) is 0 Å². The quantitative estimate of drug-likeness (QED) is 0.574. The Kier molecular flexibility index (Phi) is 5.57. The van der Waals surface area contributed by atoms with Crippen molar-refractivity contribution in [3.63, 3.8) is 0 Å². The molecule has 0 aliphatic heterocycles. The first kappa shape index (κ1) is 20.5. The molecular formula is C16H13Cl2N3O5S2. The molecule has 148 valence electrons. The summed E-state index contributed by atoms with van der Waals surface area (Å²) in [7, 11) is -7.93. The summed E-state index contributed by atoms with van der Waals surface area (Å²) in [5.41, 5.74) is 0.146. The van der Waals surface area contributed by atoms with E-state index < -0.39 is 20.0 Å². The Hall–Kier alpha value is -2.27. The first-order valence-electron chi connectivity index (χ1n) is 7.61. The van der Waals surface area contributed by atoms with E-state index in [1.165, 1.54) is 48.5 Å². The zero-order valence-electron chi connectivity index (χ0n) is 14.2. The molecule has 12 heteroatoms. The molecule has 1 aromatic heterocycles. The van der Waals surface area contributed by atoms with E-state index in [0.29, 0.717) is 5.76 Å². The van der Waals surface area contributed by atoms with Crippen LogP contribution in [0.1, 0.15) is 5.76 Å². The van der Waals surface area contributed by atoms with Crippen LogP contribution in [0.4, 0.5) is 11.5 Å². The molecule has 3 aromatic rings. The first-order valence-corrected chi connectivity index (χ1v) is 11.3. The lowest BCUT2D eigenvalue weighted by Crippen LogP contribution is -2.15. The van der Waals surface area contributed by atoms with Crippen LogP contribution in [0.15, 0.2) is 62.8 Å². The van der Waals surface area contributed by atoms with E-state index >= 15 is 0 Å². The Morgan fingerprint density at radius 1 is 0.893 bits per heavy atom. The van der Waals surface area contributed by atoms with E-state index in [-0.39, 0.29) is 31.3 Å². The van der Waals surface area contributed by atoms with Crippen LogP contribution >= 0.6 is 23.2 Å². The Bertz CT molecular complexity index is 1220. The third kappa shape index (κ3) is 4.58. The van der Waals surface area contributed by atoms with Gasteiger partial charge in [-0.05, 0) is 49.4 Å². The van der Waals surface area contributed by atoms with Crippen molar-refractivity contribution in [2.24, 2.45) is 0 Å². The molecule has 0 unspecified atom stereocenters. The Balaban J connectivity index is 1.81. The van der Waals surface area contributed by atoms with Crippen molar-refractivity contribution in [2.75, 3.05) is 9.44 Å². The smallest absolute Gasteiger partial charge is 0.263 e. The minimum atomic E-state index is -4.01. The van der Waals surface area contributed by atoms with Gasteiger partial charge in [0.1, 0.15) is 10.7 Å². The Morgan fingerprint density at radius 3 is 2.18 bits per heavy atom. The normalized spacial score (nSPS) is 12.0. The molecule has 3 rings (SSSR count). The number of hydrogen-bond acceptors (Lipinski definition) is 6. The molecule has 1 heterocycles. The number of anilines is 2. The molecule has 0 bridgehead atoms. The number of halogens is 2.